The molecule has 5 rings (SSSR count). The van der Waals surface area contributed by atoms with Gasteiger partial charge >= 0.3 is 6.03 Å². The summed E-state index contributed by atoms with van der Waals surface area (Å²) in [5, 5.41) is 5.82. The van der Waals surface area contributed by atoms with Crippen molar-refractivity contribution in [2.75, 3.05) is 6.54 Å². The molecular weight excluding hydrogens is 426 g/mol. The van der Waals surface area contributed by atoms with Gasteiger partial charge < -0.3 is 10.6 Å². The quantitative estimate of drug-likeness (QED) is 0.560. The number of carbonyl (C=O) groups is 3. The van der Waals surface area contributed by atoms with E-state index in [9.17, 15) is 14.4 Å². The average molecular weight is 454 g/mol. The maximum absolute atomic E-state index is 13.3. The molecule has 1 saturated heterocycles. The molecule has 1 fully saturated rings. The van der Waals surface area contributed by atoms with Crippen molar-refractivity contribution in [3.63, 3.8) is 0 Å². The second-order valence-electron chi connectivity index (χ2n) is 9.40. The summed E-state index contributed by atoms with van der Waals surface area (Å²) >= 11 is 0. The summed E-state index contributed by atoms with van der Waals surface area (Å²) in [6.07, 6.45) is 0. The summed E-state index contributed by atoms with van der Waals surface area (Å²) in [6.45, 7) is 5.53. The van der Waals surface area contributed by atoms with Gasteiger partial charge in [-0.15, -0.1) is 0 Å². The lowest BCUT2D eigenvalue weighted by molar-refractivity contribution is -0.135. The van der Waals surface area contributed by atoms with Crippen LogP contribution in [0.15, 0.2) is 72.8 Å². The molecule has 0 radical (unpaired) electrons. The van der Waals surface area contributed by atoms with Crippen molar-refractivity contribution >= 4 is 17.8 Å². The van der Waals surface area contributed by atoms with E-state index in [4.69, 9.17) is 0 Å². The number of nitrogens with one attached hydrogen (secondary N) is 2. The van der Waals surface area contributed by atoms with Crippen molar-refractivity contribution in [2.24, 2.45) is 0 Å². The standard InChI is InChI=1S/C28H27N3O3/c1-17(2)18-12-14-19(15-13-18)28(3)26(33)31(27(34)30-28)16-24(32)29-25-22-10-6-4-8-20(22)21-9-5-7-11-23(21)25/h4-15,17,25H,16H2,1-3H3,(H,29,32)(H,30,34). The molecule has 3 aromatic carbocycles. The van der Waals surface area contributed by atoms with E-state index in [0.717, 1.165) is 32.7 Å². The summed E-state index contributed by atoms with van der Waals surface area (Å²) in [5.41, 5.74) is 4.80. The molecule has 34 heavy (non-hydrogen) atoms. The molecule has 1 aliphatic heterocycles. The molecule has 0 saturated carbocycles. The average Bonchev–Trinajstić information content (AvgIpc) is 3.26. The first-order valence-electron chi connectivity index (χ1n) is 11.5. The lowest BCUT2D eigenvalue weighted by Gasteiger charge is -2.23. The highest BCUT2D eigenvalue weighted by Gasteiger charge is 2.49. The Balaban J connectivity index is 1.35. The number of rotatable bonds is 5. The van der Waals surface area contributed by atoms with Crippen molar-refractivity contribution in [3.8, 4) is 11.1 Å². The lowest BCUT2D eigenvalue weighted by atomic mass is 9.90. The van der Waals surface area contributed by atoms with Crippen molar-refractivity contribution in [3.05, 3.63) is 95.1 Å². The first-order valence-corrected chi connectivity index (χ1v) is 11.5. The van der Waals surface area contributed by atoms with E-state index in [1.807, 2.05) is 72.8 Å². The Hall–Kier alpha value is -3.93. The SMILES string of the molecule is CC(C)c1ccc(C2(C)NC(=O)N(CC(=O)NC3c4ccccc4-c4ccccc43)C2=O)cc1. The number of amides is 4. The topological polar surface area (TPSA) is 78.5 Å². The summed E-state index contributed by atoms with van der Waals surface area (Å²) in [7, 11) is 0. The third kappa shape index (κ3) is 3.46. The Morgan fingerprint density at radius 3 is 2.06 bits per heavy atom. The predicted molar refractivity (Wildman–Crippen MR) is 130 cm³/mol. The van der Waals surface area contributed by atoms with Gasteiger partial charge in [0.1, 0.15) is 12.1 Å². The molecule has 6 nitrogen and oxygen atoms in total. The summed E-state index contributed by atoms with van der Waals surface area (Å²) in [4.78, 5) is 40.1. The second kappa shape index (κ2) is 8.13. The number of carbonyl (C=O) groups excluding carboxylic acids is 3. The molecule has 1 heterocycles. The van der Waals surface area contributed by atoms with E-state index in [0.29, 0.717) is 11.5 Å². The lowest BCUT2D eigenvalue weighted by Crippen LogP contribution is -2.43. The van der Waals surface area contributed by atoms with Crippen molar-refractivity contribution in [1.82, 2.24) is 15.5 Å². The Kier molecular flexibility index (Phi) is 5.24. The van der Waals surface area contributed by atoms with Gasteiger partial charge in [-0.3, -0.25) is 14.5 Å². The zero-order valence-corrected chi connectivity index (χ0v) is 19.5. The van der Waals surface area contributed by atoms with Crippen LogP contribution in [0.2, 0.25) is 0 Å². The third-order valence-corrected chi connectivity index (χ3v) is 6.87. The number of urea groups is 1. The van der Waals surface area contributed by atoms with Gasteiger partial charge in [-0.25, -0.2) is 4.79 Å². The second-order valence-corrected chi connectivity index (χ2v) is 9.40. The monoisotopic (exact) mass is 453 g/mol. The summed E-state index contributed by atoms with van der Waals surface area (Å²) in [5.74, 6) is -0.460. The van der Waals surface area contributed by atoms with E-state index in [-0.39, 0.29) is 18.5 Å². The Morgan fingerprint density at radius 2 is 1.50 bits per heavy atom. The van der Waals surface area contributed by atoms with Gasteiger partial charge in [-0.1, -0.05) is 86.6 Å². The van der Waals surface area contributed by atoms with Crippen molar-refractivity contribution in [1.29, 1.82) is 0 Å². The number of imide groups is 1. The molecule has 3 aromatic rings. The van der Waals surface area contributed by atoms with Gasteiger partial charge in [0.15, 0.2) is 0 Å². The molecule has 1 aliphatic carbocycles. The van der Waals surface area contributed by atoms with E-state index in [1.165, 1.54) is 0 Å². The number of fused-ring (bicyclic) bond motifs is 3. The highest BCUT2D eigenvalue weighted by atomic mass is 16.2. The maximum Gasteiger partial charge on any atom is 0.325 e. The Bertz CT molecular complexity index is 1250. The van der Waals surface area contributed by atoms with Crippen LogP contribution < -0.4 is 10.6 Å². The number of benzene rings is 3. The number of hydrogen-bond acceptors (Lipinski definition) is 3. The highest BCUT2D eigenvalue weighted by molar-refractivity contribution is 6.09. The predicted octanol–water partition coefficient (Wildman–Crippen LogP) is 4.46. The fourth-order valence-electron chi connectivity index (χ4n) is 4.90. The van der Waals surface area contributed by atoms with Gasteiger partial charge in [0.25, 0.3) is 5.91 Å². The first-order chi connectivity index (χ1) is 16.3. The highest BCUT2D eigenvalue weighted by Crippen LogP contribution is 2.43. The van der Waals surface area contributed by atoms with Crippen LogP contribution in [0, 0.1) is 0 Å². The normalized spacial score (nSPS) is 19.2. The molecule has 1 unspecified atom stereocenters. The van der Waals surface area contributed by atoms with E-state index in [2.05, 4.69) is 24.5 Å². The molecule has 2 N–H and O–H groups in total. The molecule has 2 aliphatic rings. The van der Waals surface area contributed by atoms with Crippen molar-refractivity contribution in [2.45, 2.75) is 38.3 Å². The van der Waals surface area contributed by atoms with Crippen LogP contribution in [0.5, 0.6) is 0 Å². The number of hydrogen-bond donors (Lipinski definition) is 2. The van der Waals surface area contributed by atoms with E-state index >= 15 is 0 Å². The van der Waals surface area contributed by atoms with Crippen LogP contribution in [0.3, 0.4) is 0 Å². The van der Waals surface area contributed by atoms with Gasteiger partial charge in [0.05, 0.1) is 6.04 Å². The largest absolute Gasteiger partial charge is 0.344 e. The molecule has 172 valence electrons. The summed E-state index contributed by atoms with van der Waals surface area (Å²) in [6, 6.07) is 22.7. The molecule has 6 heteroatoms. The van der Waals surface area contributed by atoms with Gasteiger partial charge in [-0.2, -0.15) is 0 Å². The minimum atomic E-state index is -1.21. The molecule has 0 bridgehead atoms. The minimum absolute atomic E-state index is 0.323. The zero-order chi connectivity index (χ0) is 24.0. The Morgan fingerprint density at radius 1 is 0.941 bits per heavy atom. The first kappa shape index (κ1) is 21.9. The van der Waals surface area contributed by atoms with Gasteiger partial charge in [0.2, 0.25) is 5.91 Å². The van der Waals surface area contributed by atoms with E-state index in [1.54, 1.807) is 6.92 Å². The van der Waals surface area contributed by atoms with Crippen LogP contribution >= 0.6 is 0 Å². The van der Waals surface area contributed by atoms with E-state index < -0.39 is 17.5 Å². The minimum Gasteiger partial charge on any atom is -0.344 e. The van der Waals surface area contributed by atoms with Gasteiger partial charge in [-0.05, 0) is 46.2 Å². The maximum atomic E-state index is 13.3. The molecular formula is C28H27N3O3. The van der Waals surface area contributed by atoms with Crippen LogP contribution in [0.4, 0.5) is 4.79 Å². The van der Waals surface area contributed by atoms with Crippen LogP contribution in [-0.2, 0) is 15.1 Å². The number of nitrogens with zero attached hydrogens (tertiary/aromatic N) is 1. The summed E-state index contributed by atoms with van der Waals surface area (Å²) < 4.78 is 0. The molecule has 4 amide bonds. The van der Waals surface area contributed by atoms with Crippen molar-refractivity contribution < 1.29 is 14.4 Å². The molecule has 1 atom stereocenters. The molecule has 0 spiro atoms. The zero-order valence-electron chi connectivity index (χ0n) is 19.5. The van der Waals surface area contributed by atoms with Crippen LogP contribution in [0.25, 0.3) is 11.1 Å². The Labute approximate surface area is 199 Å². The smallest absolute Gasteiger partial charge is 0.325 e. The van der Waals surface area contributed by atoms with Crippen LogP contribution in [-0.4, -0.2) is 29.3 Å². The molecule has 0 aromatic heterocycles. The fourth-order valence-corrected chi connectivity index (χ4v) is 4.90. The van der Waals surface area contributed by atoms with Gasteiger partial charge in [0, 0.05) is 0 Å². The third-order valence-electron chi connectivity index (χ3n) is 6.87. The van der Waals surface area contributed by atoms with Crippen LogP contribution in [0.1, 0.15) is 55.0 Å². The fraction of sp³-hybridized carbons (Fsp3) is 0.250.